The molecule has 0 spiro atoms. The van der Waals surface area contributed by atoms with E-state index >= 15 is 0 Å². The van der Waals surface area contributed by atoms with E-state index in [0.717, 1.165) is 23.5 Å². The molecule has 2 nitrogen and oxygen atoms in total. The molecule has 1 N–H and O–H groups in total. The average molecular weight is 404 g/mol. The molecular weight excluding hydrogens is 386 g/mol. The molecule has 0 bridgehead atoms. The summed E-state index contributed by atoms with van der Waals surface area (Å²) >= 11 is 7.44. The van der Waals surface area contributed by atoms with Crippen molar-refractivity contribution in [3.63, 3.8) is 0 Å². The van der Waals surface area contributed by atoms with Gasteiger partial charge in [-0.3, -0.25) is 0 Å². The van der Waals surface area contributed by atoms with Gasteiger partial charge in [-0.2, -0.15) is 0 Å². The maximum atomic E-state index is 13.8. The number of rotatable bonds is 2. The van der Waals surface area contributed by atoms with Crippen LogP contribution in [-0.4, -0.2) is 9.55 Å². The Kier molecular flexibility index (Phi) is 4.17. The number of nitrogens with zero attached hydrogens (tertiary/aromatic N) is 1. The smallest absolute Gasteiger partial charge is 0.178 e. The van der Waals surface area contributed by atoms with E-state index in [-0.39, 0.29) is 5.82 Å². The van der Waals surface area contributed by atoms with Crippen LogP contribution >= 0.6 is 34.8 Å². The van der Waals surface area contributed by atoms with Crippen LogP contribution in [0.15, 0.2) is 12.1 Å². The number of benzene rings is 1. The number of imidazole rings is 1. The first-order valence-electron chi connectivity index (χ1n) is 7.14. The van der Waals surface area contributed by atoms with E-state index in [4.69, 9.17) is 12.2 Å². The van der Waals surface area contributed by atoms with Gasteiger partial charge in [-0.1, -0.05) is 26.2 Å². The Bertz CT molecular complexity index is 691. The normalized spacial score (nSPS) is 23.4. The average Bonchev–Trinajstić information content (AvgIpc) is 2.69. The number of hydrogen-bond acceptors (Lipinski definition) is 1. The van der Waals surface area contributed by atoms with Crippen LogP contribution < -0.4 is 0 Å². The fourth-order valence-electron chi connectivity index (χ4n) is 3.23. The van der Waals surface area contributed by atoms with Crippen molar-refractivity contribution in [1.82, 2.24) is 9.55 Å². The molecule has 3 rings (SSSR count). The Morgan fingerprint density at radius 2 is 2.15 bits per heavy atom. The SMILES string of the molecule is CC1CCCCC1Cn1c(=S)[nH]c2cc(I)c(F)cc21. The van der Waals surface area contributed by atoms with Crippen LogP contribution in [0.2, 0.25) is 0 Å². The number of aromatic nitrogens is 2. The predicted molar refractivity (Wildman–Crippen MR) is 90.9 cm³/mol. The topological polar surface area (TPSA) is 20.7 Å². The Morgan fingerprint density at radius 3 is 2.90 bits per heavy atom. The molecule has 2 atom stereocenters. The highest BCUT2D eigenvalue weighted by Gasteiger charge is 2.22. The minimum atomic E-state index is -0.169. The third-order valence-corrected chi connectivity index (χ3v) is 5.67. The summed E-state index contributed by atoms with van der Waals surface area (Å²) in [5.74, 6) is 1.21. The van der Waals surface area contributed by atoms with E-state index in [1.165, 1.54) is 25.7 Å². The van der Waals surface area contributed by atoms with Crippen LogP contribution in [0.25, 0.3) is 11.0 Å². The minimum Gasteiger partial charge on any atom is -0.331 e. The van der Waals surface area contributed by atoms with E-state index in [0.29, 0.717) is 14.3 Å². The maximum Gasteiger partial charge on any atom is 0.178 e. The number of H-pyrrole nitrogens is 1. The van der Waals surface area contributed by atoms with Gasteiger partial charge in [0, 0.05) is 12.6 Å². The molecule has 0 aliphatic heterocycles. The lowest BCUT2D eigenvalue weighted by atomic mass is 9.80. The van der Waals surface area contributed by atoms with Gasteiger partial charge in [0.05, 0.1) is 14.6 Å². The van der Waals surface area contributed by atoms with Gasteiger partial charge in [-0.15, -0.1) is 0 Å². The molecule has 1 saturated carbocycles. The number of halogens is 2. The van der Waals surface area contributed by atoms with Crippen molar-refractivity contribution in [3.05, 3.63) is 26.3 Å². The summed E-state index contributed by atoms with van der Waals surface area (Å²) < 4.78 is 17.2. The van der Waals surface area contributed by atoms with Crippen LogP contribution in [0.5, 0.6) is 0 Å². The molecule has 0 amide bonds. The van der Waals surface area contributed by atoms with Gasteiger partial charge >= 0.3 is 0 Å². The highest BCUT2D eigenvalue weighted by molar-refractivity contribution is 14.1. The molecule has 1 fully saturated rings. The van der Waals surface area contributed by atoms with Gasteiger partial charge in [-0.25, -0.2) is 4.39 Å². The summed E-state index contributed by atoms with van der Waals surface area (Å²) in [6, 6.07) is 3.44. The van der Waals surface area contributed by atoms with Gasteiger partial charge < -0.3 is 9.55 Å². The van der Waals surface area contributed by atoms with Gasteiger partial charge in [-0.05, 0) is 59.1 Å². The van der Waals surface area contributed by atoms with Gasteiger partial charge in [0.25, 0.3) is 0 Å². The van der Waals surface area contributed by atoms with Crippen molar-refractivity contribution in [3.8, 4) is 0 Å². The summed E-state index contributed by atoms with van der Waals surface area (Å²) in [6.45, 7) is 3.23. The third kappa shape index (κ3) is 2.66. The summed E-state index contributed by atoms with van der Waals surface area (Å²) in [4.78, 5) is 3.21. The van der Waals surface area contributed by atoms with Crippen LogP contribution in [0.4, 0.5) is 4.39 Å². The third-order valence-electron chi connectivity index (χ3n) is 4.52. The lowest BCUT2D eigenvalue weighted by molar-refractivity contribution is 0.230. The van der Waals surface area contributed by atoms with Crippen molar-refractivity contribution < 1.29 is 4.39 Å². The van der Waals surface area contributed by atoms with Gasteiger partial charge in [0.2, 0.25) is 0 Å². The zero-order valence-corrected chi connectivity index (χ0v) is 14.4. The number of hydrogen-bond donors (Lipinski definition) is 1. The first-order chi connectivity index (χ1) is 9.56. The molecular formula is C15H18FIN2S. The standard InChI is InChI=1S/C15H18FIN2S/c1-9-4-2-3-5-10(9)8-19-14-6-11(16)12(17)7-13(14)18-15(19)20/h6-7,9-10H,2-5,8H2,1H3,(H,18,20). The van der Waals surface area contributed by atoms with E-state index in [2.05, 4.69) is 16.5 Å². The van der Waals surface area contributed by atoms with E-state index in [1.807, 2.05) is 28.7 Å². The fourth-order valence-corrected chi connectivity index (χ4v) is 3.98. The van der Waals surface area contributed by atoms with Crippen molar-refractivity contribution in [2.24, 2.45) is 11.8 Å². The molecule has 1 aromatic carbocycles. The second-order valence-electron chi connectivity index (χ2n) is 5.85. The fraction of sp³-hybridized carbons (Fsp3) is 0.533. The predicted octanol–water partition coefficient (Wildman–Crippen LogP) is 5.27. The van der Waals surface area contributed by atoms with Crippen LogP contribution in [-0.2, 0) is 6.54 Å². The highest BCUT2D eigenvalue weighted by atomic mass is 127. The van der Waals surface area contributed by atoms with Crippen molar-refractivity contribution in [2.45, 2.75) is 39.2 Å². The summed E-state index contributed by atoms with van der Waals surface area (Å²) in [7, 11) is 0. The molecule has 1 aliphatic rings. The molecule has 0 radical (unpaired) electrons. The zero-order valence-electron chi connectivity index (χ0n) is 11.5. The molecule has 1 aliphatic carbocycles. The first-order valence-corrected chi connectivity index (χ1v) is 8.62. The monoisotopic (exact) mass is 404 g/mol. The van der Waals surface area contributed by atoms with Crippen LogP contribution in [0.1, 0.15) is 32.6 Å². The zero-order chi connectivity index (χ0) is 14.3. The Morgan fingerprint density at radius 1 is 1.40 bits per heavy atom. The van der Waals surface area contributed by atoms with Gasteiger partial charge in [0.15, 0.2) is 4.77 Å². The summed E-state index contributed by atoms with van der Waals surface area (Å²) in [6.07, 6.45) is 5.19. The Labute approximate surface area is 136 Å². The van der Waals surface area contributed by atoms with Crippen molar-refractivity contribution >= 4 is 45.8 Å². The van der Waals surface area contributed by atoms with Crippen molar-refractivity contribution in [2.75, 3.05) is 0 Å². The molecule has 2 aromatic rings. The first kappa shape index (κ1) is 14.5. The molecule has 1 aromatic heterocycles. The summed E-state index contributed by atoms with van der Waals surface area (Å²) in [5.41, 5.74) is 1.83. The molecule has 108 valence electrons. The summed E-state index contributed by atoms with van der Waals surface area (Å²) in [5, 5.41) is 0. The second-order valence-corrected chi connectivity index (χ2v) is 7.39. The van der Waals surface area contributed by atoms with Crippen LogP contribution in [0.3, 0.4) is 0 Å². The molecule has 2 unspecified atom stereocenters. The van der Waals surface area contributed by atoms with Crippen LogP contribution in [0, 0.1) is 26.0 Å². The number of aromatic amines is 1. The lowest BCUT2D eigenvalue weighted by Gasteiger charge is -2.29. The molecule has 0 saturated heterocycles. The molecule has 1 heterocycles. The largest absolute Gasteiger partial charge is 0.331 e. The van der Waals surface area contributed by atoms with Crippen molar-refractivity contribution in [1.29, 1.82) is 0 Å². The number of nitrogens with one attached hydrogen (secondary N) is 1. The second kappa shape index (κ2) is 5.75. The van der Waals surface area contributed by atoms with E-state index < -0.39 is 0 Å². The Hall–Kier alpha value is -0.430. The Balaban J connectivity index is 2.00. The number of fused-ring (bicyclic) bond motifs is 1. The van der Waals surface area contributed by atoms with E-state index in [9.17, 15) is 4.39 Å². The van der Waals surface area contributed by atoms with E-state index in [1.54, 1.807) is 6.07 Å². The maximum absolute atomic E-state index is 13.8. The lowest BCUT2D eigenvalue weighted by Crippen LogP contribution is -2.22. The molecule has 20 heavy (non-hydrogen) atoms. The van der Waals surface area contributed by atoms with Gasteiger partial charge in [0.1, 0.15) is 5.82 Å². The molecule has 5 heteroatoms. The highest BCUT2D eigenvalue weighted by Crippen LogP contribution is 2.32. The minimum absolute atomic E-state index is 0.169. The quantitative estimate of drug-likeness (QED) is 0.534.